The molecule has 1 aliphatic carbocycles. The fraction of sp³-hybridized carbons (Fsp3) is 0.833. The van der Waals surface area contributed by atoms with Crippen molar-refractivity contribution in [2.45, 2.75) is 39.0 Å². The maximum atomic E-state index is 11.3. The van der Waals surface area contributed by atoms with Gasteiger partial charge in [-0.25, -0.2) is 4.79 Å². The summed E-state index contributed by atoms with van der Waals surface area (Å²) in [5.74, 6) is -0.335. The number of carboxylic acid groups (broad SMARTS) is 1. The molecule has 17 heavy (non-hydrogen) atoms. The Morgan fingerprint density at radius 1 is 1.29 bits per heavy atom. The van der Waals surface area contributed by atoms with E-state index >= 15 is 0 Å². The van der Waals surface area contributed by atoms with E-state index < -0.39 is 11.9 Å². The van der Waals surface area contributed by atoms with Crippen molar-refractivity contribution in [2.24, 2.45) is 11.8 Å². The number of rotatable bonds is 8. The first-order chi connectivity index (χ1) is 8.09. The number of nitrogens with one attached hydrogen (secondary N) is 2. The Kier molecular flexibility index (Phi) is 5.80. The fourth-order valence-corrected chi connectivity index (χ4v) is 1.59. The normalized spacial score (nSPS) is 16.3. The van der Waals surface area contributed by atoms with Crippen molar-refractivity contribution in [3.63, 3.8) is 0 Å². The van der Waals surface area contributed by atoms with Crippen molar-refractivity contribution < 1.29 is 14.7 Å². The Morgan fingerprint density at radius 2 is 1.94 bits per heavy atom. The molecule has 5 nitrogen and oxygen atoms in total. The second-order valence-electron chi connectivity index (χ2n) is 4.80. The van der Waals surface area contributed by atoms with Crippen molar-refractivity contribution in [3.8, 4) is 0 Å². The Balaban J connectivity index is 1.91. The zero-order valence-electron chi connectivity index (χ0n) is 10.4. The van der Waals surface area contributed by atoms with Gasteiger partial charge in [0, 0.05) is 13.1 Å². The average Bonchev–Trinajstić information content (AvgIpc) is 3.08. The van der Waals surface area contributed by atoms with Gasteiger partial charge in [-0.1, -0.05) is 19.8 Å². The molecule has 0 spiro atoms. The van der Waals surface area contributed by atoms with Crippen LogP contribution in [0.1, 0.15) is 39.0 Å². The maximum absolute atomic E-state index is 11.3. The standard InChI is InChI=1S/C12H22N2O3/c1-9(11(15)16)6-8-14-12(17)13-7-2-3-10-4-5-10/h9-10H,2-8H2,1H3,(H,15,16)(H2,13,14,17). The monoisotopic (exact) mass is 242 g/mol. The lowest BCUT2D eigenvalue weighted by Crippen LogP contribution is -2.37. The molecule has 1 aliphatic rings. The number of urea groups is 1. The quantitative estimate of drug-likeness (QED) is 0.565. The van der Waals surface area contributed by atoms with Gasteiger partial charge in [0.15, 0.2) is 0 Å². The number of amides is 2. The SMILES string of the molecule is CC(CCNC(=O)NCCCC1CC1)C(=O)O. The predicted octanol–water partition coefficient (Wildman–Crippen LogP) is 1.59. The number of carbonyl (C=O) groups excluding carboxylic acids is 1. The van der Waals surface area contributed by atoms with E-state index in [-0.39, 0.29) is 6.03 Å². The molecule has 0 aliphatic heterocycles. The van der Waals surface area contributed by atoms with Gasteiger partial charge >= 0.3 is 12.0 Å². The lowest BCUT2D eigenvalue weighted by Gasteiger charge is -2.09. The van der Waals surface area contributed by atoms with Crippen LogP contribution in [0.5, 0.6) is 0 Å². The van der Waals surface area contributed by atoms with Crippen LogP contribution < -0.4 is 10.6 Å². The predicted molar refractivity (Wildman–Crippen MR) is 64.8 cm³/mol. The van der Waals surface area contributed by atoms with Crippen LogP contribution in [0.25, 0.3) is 0 Å². The molecule has 1 atom stereocenters. The van der Waals surface area contributed by atoms with Crippen LogP contribution in [0, 0.1) is 11.8 Å². The minimum Gasteiger partial charge on any atom is -0.481 e. The van der Waals surface area contributed by atoms with Crippen LogP contribution in [0.4, 0.5) is 4.79 Å². The zero-order valence-corrected chi connectivity index (χ0v) is 10.4. The van der Waals surface area contributed by atoms with Crippen LogP contribution in [0.15, 0.2) is 0 Å². The van der Waals surface area contributed by atoms with Gasteiger partial charge in [-0.2, -0.15) is 0 Å². The summed E-state index contributed by atoms with van der Waals surface area (Å²) >= 11 is 0. The Labute approximate surface area is 102 Å². The van der Waals surface area contributed by atoms with Crippen LogP contribution in [-0.2, 0) is 4.79 Å². The molecule has 0 heterocycles. The van der Waals surface area contributed by atoms with Gasteiger partial charge in [-0.3, -0.25) is 4.79 Å². The Hall–Kier alpha value is -1.26. The van der Waals surface area contributed by atoms with Gasteiger partial charge in [-0.05, 0) is 25.2 Å². The molecule has 0 saturated heterocycles. The van der Waals surface area contributed by atoms with Crippen molar-refractivity contribution in [3.05, 3.63) is 0 Å². The lowest BCUT2D eigenvalue weighted by molar-refractivity contribution is -0.141. The molecule has 0 aromatic heterocycles. The van der Waals surface area contributed by atoms with Gasteiger partial charge in [0.25, 0.3) is 0 Å². The first-order valence-electron chi connectivity index (χ1n) is 6.34. The number of carboxylic acids is 1. The first kappa shape index (κ1) is 13.8. The maximum Gasteiger partial charge on any atom is 0.314 e. The summed E-state index contributed by atoms with van der Waals surface area (Å²) in [6, 6.07) is -0.196. The van der Waals surface area contributed by atoms with E-state index in [1.54, 1.807) is 6.92 Å². The molecule has 0 aromatic carbocycles. The van der Waals surface area contributed by atoms with Gasteiger partial charge in [0.2, 0.25) is 0 Å². The molecule has 0 aromatic rings. The lowest BCUT2D eigenvalue weighted by atomic mass is 10.1. The number of hydrogen-bond acceptors (Lipinski definition) is 2. The largest absolute Gasteiger partial charge is 0.481 e. The summed E-state index contributed by atoms with van der Waals surface area (Å²) < 4.78 is 0. The van der Waals surface area contributed by atoms with Crippen molar-refractivity contribution in [2.75, 3.05) is 13.1 Å². The average molecular weight is 242 g/mol. The summed E-state index contributed by atoms with van der Waals surface area (Å²) in [6.45, 7) is 2.75. The van der Waals surface area contributed by atoms with Crippen molar-refractivity contribution in [1.29, 1.82) is 0 Å². The first-order valence-corrected chi connectivity index (χ1v) is 6.34. The van der Waals surface area contributed by atoms with E-state index in [1.807, 2.05) is 0 Å². The third-order valence-electron chi connectivity index (χ3n) is 3.06. The molecular formula is C12H22N2O3. The highest BCUT2D eigenvalue weighted by Gasteiger charge is 2.20. The smallest absolute Gasteiger partial charge is 0.314 e. The molecule has 98 valence electrons. The topological polar surface area (TPSA) is 78.4 Å². The number of carbonyl (C=O) groups is 2. The van der Waals surface area contributed by atoms with Crippen LogP contribution in [0.3, 0.4) is 0 Å². The molecule has 1 saturated carbocycles. The molecule has 5 heteroatoms. The van der Waals surface area contributed by atoms with E-state index in [2.05, 4.69) is 10.6 Å². The minimum atomic E-state index is -0.823. The van der Waals surface area contributed by atoms with Crippen molar-refractivity contribution in [1.82, 2.24) is 10.6 Å². The van der Waals surface area contributed by atoms with Gasteiger partial charge in [0.1, 0.15) is 0 Å². The van der Waals surface area contributed by atoms with E-state index in [9.17, 15) is 9.59 Å². The molecule has 1 fully saturated rings. The van der Waals surface area contributed by atoms with E-state index in [1.165, 1.54) is 19.3 Å². The van der Waals surface area contributed by atoms with Crippen molar-refractivity contribution >= 4 is 12.0 Å². The summed E-state index contributed by atoms with van der Waals surface area (Å²) in [4.78, 5) is 21.8. The molecule has 3 N–H and O–H groups in total. The van der Waals surface area contributed by atoms with Crippen LogP contribution >= 0.6 is 0 Å². The summed E-state index contributed by atoms with van der Waals surface area (Å²) in [5, 5.41) is 14.1. The minimum absolute atomic E-state index is 0.196. The highest BCUT2D eigenvalue weighted by molar-refractivity contribution is 5.74. The Bertz CT molecular complexity index is 264. The van der Waals surface area contributed by atoms with E-state index in [0.29, 0.717) is 19.5 Å². The summed E-state index contributed by atoms with van der Waals surface area (Å²) in [5.41, 5.74) is 0. The van der Waals surface area contributed by atoms with E-state index in [4.69, 9.17) is 5.11 Å². The molecular weight excluding hydrogens is 220 g/mol. The summed E-state index contributed by atoms with van der Waals surface area (Å²) in [6.07, 6.45) is 5.39. The third kappa shape index (κ3) is 6.81. The molecule has 0 bridgehead atoms. The summed E-state index contributed by atoms with van der Waals surface area (Å²) in [7, 11) is 0. The fourth-order valence-electron chi connectivity index (χ4n) is 1.59. The molecule has 1 unspecified atom stereocenters. The second kappa shape index (κ2) is 7.14. The second-order valence-corrected chi connectivity index (χ2v) is 4.80. The molecule has 1 rings (SSSR count). The third-order valence-corrected chi connectivity index (χ3v) is 3.06. The number of aliphatic carboxylic acids is 1. The van der Waals surface area contributed by atoms with Gasteiger partial charge < -0.3 is 15.7 Å². The molecule has 2 amide bonds. The zero-order chi connectivity index (χ0) is 12.7. The van der Waals surface area contributed by atoms with Gasteiger partial charge in [0.05, 0.1) is 5.92 Å². The van der Waals surface area contributed by atoms with E-state index in [0.717, 1.165) is 12.3 Å². The van der Waals surface area contributed by atoms with Gasteiger partial charge in [-0.15, -0.1) is 0 Å². The highest BCUT2D eigenvalue weighted by atomic mass is 16.4. The highest BCUT2D eigenvalue weighted by Crippen LogP contribution is 2.33. The molecule has 0 radical (unpaired) electrons. The van der Waals surface area contributed by atoms with Crippen LogP contribution in [-0.4, -0.2) is 30.2 Å². The van der Waals surface area contributed by atoms with Crippen LogP contribution in [0.2, 0.25) is 0 Å². The Morgan fingerprint density at radius 3 is 2.53 bits per heavy atom. The number of hydrogen-bond donors (Lipinski definition) is 3.